The fraction of sp³-hybridized carbons (Fsp3) is 0.600. The Hall–Kier alpha value is -0.0800. The van der Waals surface area contributed by atoms with Gasteiger partial charge in [0.05, 0.1) is 0 Å². The lowest BCUT2D eigenvalue weighted by atomic mass is 10.0. The molecule has 92 valence electrons. The number of fused-ring (bicyclic) bond motifs is 1. The Morgan fingerprint density at radius 3 is 2.82 bits per heavy atom. The molecule has 1 heterocycles. The molecule has 3 rings (SSSR count). The second kappa shape index (κ2) is 5.71. The highest BCUT2D eigenvalue weighted by Gasteiger charge is 2.24. The van der Waals surface area contributed by atoms with Gasteiger partial charge in [0.1, 0.15) is 0 Å². The van der Waals surface area contributed by atoms with E-state index in [9.17, 15) is 0 Å². The Balaban J connectivity index is 1.56. The molecule has 1 aliphatic heterocycles. The topological polar surface area (TPSA) is 0 Å². The van der Waals surface area contributed by atoms with E-state index in [4.69, 9.17) is 0 Å². The van der Waals surface area contributed by atoms with Crippen molar-refractivity contribution >= 4 is 23.5 Å². The third kappa shape index (κ3) is 2.85. The molecule has 0 radical (unpaired) electrons. The third-order valence-electron chi connectivity index (χ3n) is 3.88. The molecule has 1 fully saturated rings. The van der Waals surface area contributed by atoms with Gasteiger partial charge in [-0.2, -0.15) is 11.8 Å². The van der Waals surface area contributed by atoms with Gasteiger partial charge in [-0.25, -0.2) is 0 Å². The zero-order valence-corrected chi connectivity index (χ0v) is 11.9. The quantitative estimate of drug-likeness (QED) is 0.758. The Kier molecular flexibility index (Phi) is 4.02. The normalized spacial score (nSPS) is 24.8. The van der Waals surface area contributed by atoms with Gasteiger partial charge in [0.2, 0.25) is 0 Å². The van der Waals surface area contributed by atoms with Crippen molar-refractivity contribution in [1.29, 1.82) is 0 Å². The number of hydrogen-bond donors (Lipinski definition) is 0. The first kappa shape index (κ1) is 12.0. The molecular weight excluding hydrogens is 244 g/mol. The van der Waals surface area contributed by atoms with Gasteiger partial charge < -0.3 is 0 Å². The van der Waals surface area contributed by atoms with Crippen molar-refractivity contribution in [3.63, 3.8) is 0 Å². The SMILES string of the molecule is c1ccc2c(c1)SCC2CSC1CCCCC1. The van der Waals surface area contributed by atoms with Crippen molar-refractivity contribution in [2.45, 2.75) is 48.2 Å². The predicted molar refractivity (Wildman–Crippen MR) is 79.2 cm³/mol. The van der Waals surface area contributed by atoms with E-state index in [-0.39, 0.29) is 0 Å². The molecule has 0 nitrogen and oxygen atoms in total. The Morgan fingerprint density at radius 2 is 1.94 bits per heavy atom. The minimum atomic E-state index is 0.808. The van der Waals surface area contributed by atoms with E-state index >= 15 is 0 Å². The van der Waals surface area contributed by atoms with Crippen LogP contribution in [0, 0.1) is 0 Å². The van der Waals surface area contributed by atoms with E-state index < -0.39 is 0 Å². The van der Waals surface area contributed by atoms with Crippen LogP contribution >= 0.6 is 23.5 Å². The van der Waals surface area contributed by atoms with Crippen LogP contribution in [0.2, 0.25) is 0 Å². The highest BCUT2D eigenvalue weighted by molar-refractivity contribution is 8.00. The summed E-state index contributed by atoms with van der Waals surface area (Å²) in [6.07, 6.45) is 7.33. The molecule has 1 aromatic rings. The first-order valence-corrected chi connectivity index (χ1v) is 8.80. The summed E-state index contributed by atoms with van der Waals surface area (Å²) in [4.78, 5) is 1.53. The largest absolute Gasteiger partial charge is 0.158 e. The minimum absolute atomic E-state index is 0.808. The number of thioether (sulfide) groups is 2. The maximum Gasteiger partial charge on any atom is 0.0108 e. The molecule has 0 amide bonds. The van der Waals surface area contributed by atoms with Crippen LogP contribution in [0.25, 0.3) is 0 Å². The van der Waals surface area contributed by atoms with Crippen molar-refractivity contribution < 1.29 is 0 Å². The standard InChI is InChI=1S/C15H20S2/c1-2-6-13(7-3-1)16-10-12-11-17-15-9-5-4-8-14(12)15/h4-5,8-9,12-13H,1-3,6-7,10-11H2. The molecule has 2 heteroatoms. The molecule has 0 bridgehead atoms. The average molecular weight is 264 g/mol. The molecule has 0 aromatic heterocycles. The van der Waals surface area contributed by atoms with Crippen molar-refractivity contribution in [2.75, 3.05) is 11.5 Å². The highest BCUT2D eigenvalue weighted by atomic mass is 32.2. The number of rotatable bonds is 3. The molecule has 0 spiro atoms. The molecule has 0 saturated heterocycles. The molecule has 1 saturated carbocycles. The van der Waals surface area contributed by atoms with E-state index in [1.54, 1.807) is 5.56 Å². The van der Waals surface area contributed by atoms with Crippen molar-refractivity contribution in [2.24, 2.45) is 0 Å². The highest BCUT2D eigenvalue weighted by Crippen LogP contribution is 2.42. The van der Waals surface area contributed by atoms with Crippen LogP contribution in [-0.2, 0) is 0 Å². The van der Waals surface area contributed by atoms with Gasteiger partial charge >= 0.3 is 0 Å². The average Bonchev–Trinajstić information content (AvgIpc) is 2.81. The zero-order valence-electron chi connectivity index (χ0n) is 10.2. The summed E-state index contributed by atoms with van der Waals surface area (Å²) in [5.74, 6) is 3.46. The van der Waals surface area contributed by atoms with Gasteiger partial charge in [0.25, 0.3) is 0 Å². The maximum absolute atomic E-state index is 2.33. The summed E-state index contributed by atoms with van der Waals surface area (Å²) < 4.78 is 0. The molecule has 17 heavy (non-hydrogen) atoms. The minimum Gasteiger partial charge on any atom is -0.158 e. The molecule has 1 aliphatic carbocycles. The van der Waals surface area contributed by atoms with Gasteiger partial charge in [0, 0.05) is 27.6 Å². The van der Waals surface area contributed by atoms with Crippen LogP contribution in [0.3, 0.4) is 0 Å². The van der Waals surface area contributed by atoms with Crippen molar-refractivity contribution in [3.8, 4) is 0 Å². The van der Waals surface area contributed by atoms with E-state index in [0.717, 1.165) is 11.2 Å². The molecule has 1 atom stereocenters. The van der Waals surface area contributed by atoms with Gasteiger partial charge in [-0.15, -0.1) is 11.8 Å². The van der Waals surface area contributed by atoms with E-state index in [1.165, 1.54) is 48.5 Å². The van der Waals surface area contributed by atoms with Crippen LogP contribution in [0.4, 0.5) is 0 Å². The maximum atomic E-state index is 2.33. The van der Waals surface area contributed by atoms with Crippen LogP contribution in [0.15, 0.2) is 29.2 Å². The van der Waals surface area contributed by atoms with Crippen LogP contribution in [-0.4, -0.2) is 16.8 Å². The monoisotopic (exact) mass is 264 g/mol. The van der Waals surface area contributed by atoms with Gasteiger partial charge in [0.15, 0.2) is 0 Å². The van der Waals surface area contributed by atoms with E-state index in [2.05, 4.69) is 36.0 Å². The fourth-order valence-electron chi connectivity index (χ4n) is 2.85. The second-order valence-corrected chi connectivity index (χ2v) is 7.53. The second-order valence-electron chi connectivity index (χ2n) is 5.14. The number of benzene rings is 1. The Morgan fingerprint density at radius 1 is 1.12 bits per heavy atom. The summed E-state index contributed by atoms with van der Waals surface area (Å²) >= 11 is 4.29. The zero-order chi connectivity index (χ0) is 11.5. The molecule has 0 N–H and O–H groups in total. The molecular formula is C15H20S2. The summed E-state index contributed by atoms with van der Waals surface area (Å²) in [6.45, 7) is 0. The van der Waals surface area contributed by atoms with Crippen LogP contribution in [0.1, 0.15) is 43.6 Å². The molecule has 1 aromatic carbocycles. The summed E-state index contributed by atoms with van der Waals surface area (Å²) in [5.41, 5.74) is 1.61. The summed E-state index contributed by atoms with van der Waals surface area (Å²) in [7, 11) is 0. The van der Waals surface area contributed by atoms with Crippen LogP contribution in [0.5, 0.6) is 0 Å². The lowest BCUT2D eigenvalue weighted by Gasteiger charge is -2.22. The third-order valence-corrected chi connectivity index (χ3v) is 6.67. The smallest absolute Gasteiger partial charge is 0.0108 e. The summed E-state index contributed by atoms with van der Waals surface area (Å²) in [6, 6.07) is 8.98. The van der Waals surface area contributed by atoms with E-state index in [0.29, 0.717) is 0 Å². The van der Waals surface area contributed by atoms with Crippen molar-refractivity contribution in [1.82, 2.24) is 0 Å². The van der Waals surface area contributed by atoms with Crippen LogP contribution < -0.4 is 0 Å². The lowest BCUT2D eigenvalue weighted by molar-refractivity contribution is 0.515. The van der Waals surface area contributed by atoms with Gasteiger partial charge in [-0.1, -0.05) is 37.5 Å². The van der Waals surface area contributed by atoms with E-state index in [1.807, 2.05) is 11.8 Å². The molecule has 1 unspecified atom stereocenters. The van der Waals surface area contributed by atoms with Gasteiger partial charge in [-0.05, 0) is 24.5 Å². The predicted octanol–water partition coefficient (Wildman–Crippen LogP) is 4.94. The molecule has 2 aliphatic rings. The first-order valence-electron chi connectivity index (χ1n) is 6.77. The number of hydrogen-bond acceptors (Lipinski definition) is 2. The fourth-order valence-corrected chi connectivity index (χ4v) is 5.72. The van der Waals surface area contributed by atoms with Crippen molar-refractivity contribution in [3.05, 3.63) is 29.8 Å². The first-order chi connectivity index (χ1) is 8.43. The lowest BCUT2D eigenvalue weighted by Crippen LogP contribution is -2.11. The van der Waals surface area contributed by atoms with Gasteiger partial charge in [-0.3, -0.25) is 0 Å². The Bertz CT molecular complexity index is 369. The Labute approximate surface area is 113 Å². The summed E-state index contributed by atoms with van der Waals surface area (Å²) in [5, 5.41) is 0.960.